The molecule has 0 saturated carbocycles. The van der Waals surface area contributed by atoms with Gasteiger partial charge < -0.3 is 10.6 Å². The van der Waals surface area contributed by atoms with Crippen LogP contribution in [0, 0.1) is 6.92 Å². The molecule has 0 atom stereocenters. The number of carbonyl (C=O) groups excluding carboxylic acids is 2. The summed E-state index contributed by atoms with van der Waals surface area (Å²) in [6.45, 7) is 3.66. The van der Waals surface area contributed by atoms with E-state index in [0.717, 1.165) is 17.0 Å². The largest absolute Gasteiger partial charge is 0.416 e. The van der Waals surface area contributed by atoms with Crippen LogP contribution < -0.4 is 10.6 Å². The van der Waals surface area contributed by atoms with Crippen molar-refractivity contribution in [2.45, 2.75) is 26.4 Å². The van der Waals surface area contributed by atoms with Gasteiger partial charge in [-0.2, -0.15) is 13.2 Å². The molecular formula is C20H17F3N4O2S. The van der Waals surface area contributed by atoms with Crippen molar-refractivity contribution >= 4 is 33.8 Å². The summed E-state index contributed by atoms with van der Waals surface area (Å²) in [6.07, 6.45) is 0.0697. The third-order valence-corrected chi connectivity index (χ3v) is 5.32. The van der Waals surface area contributed by atoms with Crippen LogP contribution in [0.2, 0.25) is 0 Å². The fourth-order valence-corrected chi connectivity index (χ4v) is 4.02. The standard InChI is InChI=1S/C20H17F3N4O2S/c1-3-14-11(2)30-19(27-17(28)15-10-24-7-8-25-15)16(14)18(29)26-13-6-4-5-12(9-13)20(21,22)23/h4-10H,3H2,1-2H3,(H,26,29)(H,27,28). The Kier molecular flexibility index (Phi) is 6.16. The van der Waals surface area contributed by atoms with Crippen molar-refractivity contribution in [3.8, 4) is 0 Å². The van der Waals surface area contributed by atoms with E-state index in [1.165, 1.54) is 42.1 Å². The predicted octanol–water partition coefficient (Wildman–Crippen LogP) is 4.93. The lowest BCUT2D eigenvalue weighted by Crippen LogP contribution is -2.19. The van der Waals surface area contributed by atoms with Gasteiger partial charge in [0.1, 0.15) is 10.7 Å². The molecule has 0 saturated heterocycles. The van der Waals surface area contributed by atoms with Gasteiger partial charge >= 0.3 is 6.18 Å². The van der Waals surface area contributed by atoms with Crippen molar-refractivity contribution < 1.29 is 22.8 Å². The number of carbonyl (C=O) groups is 2. The van der Waals surface area contributed by atoms with Gasteiger partial charge in [0.2, 0.25) is 0 Å². The average Bonchev–Trinajstić information content (AvgIpc) is 3.03. The van der Waals surface area contributed by atoms with Crippen LogP contribution in [0.25, 0.3) is 0 Å². The van der Waals surface area contributed by atoms with Crippen molar-refractivity contribution in [2.75, 3.05) is 10.6 Å². The van der Waals surface area contributed by atoms with Gasteiger partial charge in [0.15, 0.2) is 0 Å². The number of rotatable bonds is 5. The molecule has 2 N–H and O–H groups in total. The summed E-state index contributed by atoms with van der Waals surface area (Å²) >= 11 is 1.21. The number of halogens is 3. The summed E-state index contributed by atoms with van der Waals surface area (Å²) in [5.41, 5.74) is 0.139. The van der Waals surface area contributed by atoms with Gasteiger partial charge in [0, 0.05) is 23.0 Å². The van der Waals surface area contributed by atoms with Crippen molar-refractivity contribution in [1.29, 1.82) is 0 Å². The van der Waals surface area contributed by atoms with E-state index in [0.29, 0.717) is 17.0 Å². The number of alkyl halides is 3. The van der Waals surface area contributed by atoms with E-state index < -0.39 is 23.6 Å². The number of benzene rings is 1. The number of nitrogens with zero attached hydrogens (tertiary/aromatic N) is 2. The van der Waals surface area contributed by atoms with Crippen LogP contribution in [0.5, 0.6) is 0 Å². The molecule has 0 radical (unpaired) electrons. The Morgan fingerprint density at radius 2 is 1.90 bits per heavy atom. The average molecular weight is 434 g/mol. The number of thiophene rings is 1. The monoisotopic (exact) mass is 434 g/mol. The fourth-order valence-electron chi connectivity index (χ4n) is 2.88. The minimum absolute atomic E-state index is 0.00642. The Hall–Kier alpha value is -3.27. The Bertz CT molecular complexity index is 1080. The molecule has 2 heterocycles. The molecule has 156 valence electrons. The first-order valence-electron chi connectivity index (χ1n) is 8.89. The Labute approximate surface area is 174 Å². The van der Waals surface area contributed by atoms with E-state index in [4.69, 9.17) is 0 Å². The Balaban J connectivity index is 1.91. The lowest BCUT2D eigenvalue weighted by molar-refractivity contribution is -0.137. The summed E-state index contributed by atoms with van der Waals surface area (Å²) in [5.74, 6) is -1.15. The second kappa shape index (κ2) is 8.62. The first-order chi connectivity index (χ1) is 14.2. The lowest BCUT2D eigenvalue weighted by Gasteiger charge is -2.12. The molecule has 10 heteroatoms. The van der Waals surface area contributed by atoms with Crippen LogP contribution >= 0.6 is 11.3 Å². The highest BCUT2D eigenvalue weighted by molar-refractivity contribution is 7.16. The highest BCUT2D eigenvalue weighted by Crippen LogP contribution is 2.35. The Morgan fingerprint density at radius 1 is 1.13 bits per heavy atom. The summed E-state index contributed by atoms with van der Waals surface area (Å²) < 4.78 is 38.8. The maximum atomic E-state index is 12.9. The molecule has 3 aromatic rings. The van der Waals surface area contributed by atoms with Crippen molar-refractivity contribution in [2.24, 2.45) is 0 Å². The molecule has 0 unspecified atom stereocenters. The van der Waals surface area contributed by atoms with E-state index in [-0.39, 0.29) is 16.9 Å². The molecular weight excluding hydrogens is 417 g/mol. The van der Waals surface area contributed by atoms with Crippen LogP contribution in [-0.2, 0) is 12.6 Å². The number of aryl methyl sites for hydroxylation is 1. The number of aromatic nitrogens is 2. The topological polar surface area (TPSA) is 84.0 Å². The van der Waals surface area contributed by atoms with Gasteiger partial charge in [-0.15, -0.1) is 11.3 Å². The third-order valence-electron chi connectivity index (χ3n) is 4.26. The number of hydrogen-bond donors (Lipinski definition) is 2. The van der Waals surface area contributed by atoms with Crippen LogP contribution in [-0.4, -0.2) is 21.8 Å². The molecule has 2 aromatic heterocycles. The van der Waals surface area contributed by atoms with Gasteiger partial charge in [0.05, 0.1) is 17.3 Å². The van der Waals surface area contributed by atoms with Crippen LogP contribution in [0.4, 0.5) is 23.9 Å². The molecule has 3 rings (SSSR count). The van der Waals surface area contributed by atoms with E-state index in [1.54, 1.807) is 0 Å². The number of hydrogen-bond acceptors (Lipinski definition) is 5. The van der Waals surface area contributed by atoms with E-state index in [2.05, 4.69) is 20.6 Å². The second-order valence-electron chi connectivity index (χ2n) is 6.27. The molecule has 0 bridgehead atoms. The van der Waals surface area contributed by atoms with E-state index in [9.17, 15) is 22.8 Å². The molecule has 0 aliphatic rings. The van der Waals surface area contributed by atoms with Gasteiger partial charge in [-0.1, -0.05) is 13.0 Å². The van der Waals surface area contributed by atoms with Crippen molar-refractivity contribution in [1.82, 2.24) is 9.97 Å². The lowest BCUT2D eigenvalue weighted by atomic mass is 10.1. The van der Waals surface area contributed by atoms with Gasteiger partial charge in [-0.05, 0) is 37.1 Å². The maximum absolute atomic E-state index is 12.9. The summed E-state index contributed by atoms with van der Waals surface area (Å²) in [5, 5.41) is 5.46. The molecule has 0 spiro atoms. The predicted molar refractivity (Wildman–Crippen MR) is 108 cm³/mol. The molecule has 0 aliphatic carbocycles. The normalized spacial score (nSPS) is 11.2. The minimum atomic E-state index is -4.52. The van der Waals surface area contributed by atoms with Crippen LogP contribution in [0.1, 0.15) is 43.8 Å². The smallest absolute Gasteiger partial charge is 0.322 e. The van der Waals surface area contributed by atoms with Crippen molar-refractivity contribution in [3.63, 3.8) is 0 Å². The fraction of sp³-hybridized carbons (Fsp3) is 0.200. The summed E-state index contributed by atoms with van der Waals surface area (Å²) in [7, 11) is 0. The number of amides is 2. The quantitative estimate of drug-likeness (QED) is 0.596. The number of nitrogens with one attached hydrogen (secondary N) is 2. The third kappa shape index (κ3) is 4.65. The zero-order valence-electron chi connectivity index (χ0n) is 16.0. The SMILES string of the molecule is CCc1c(C)sc(NC(=O)c2cnccn2)c1C(=O)Nc1cccc(C(F)(F)F)c1. The van der Waals surface area contributed by atoms with Gasteiger partial charge in [-0.25, -0.2) is 4.98 Å². The molecule has 6 nitrogen and oxygen atoms in total. The minimum Gasteiger partial charge on any atom is -0.322 e. The first kappa shape index (κ1) is 21.4. The highest BCUT2D eigenvalue weighted by Gasteiger charge is 2.31. The molecule has 0 aliphatic heterocycles. The van der Waals surface area contributed by atoms with E-state index in [1.807, 2.05) is 13.8 Å². The molecule has 0 fully saturated rings. The summed E-state index contributed by atoms with van der Waals surface area (Å²) in [4.78, 5) is 34.0. The first-order valence-corrected chi connectivity index (χ1v) is 9.70. The van der Waals surface area contributed by atoms with Crippen LogP contribution in [0.3, 0.4) is 0 Å². The Morgan fingerprint density at radius 3 is 2.53 bits per heavy atom. The highest BCUT2D eigenvalue weighted by atomic mass is 32.1. The maximum Gasteiger partial charge on any atom is 0.416 e. The van der Waals surface area contributed by atoms with Crippen molar-refractivity contribution in [3.05, 3.63) is 70.1 Å². The van der Waals surface area contributed by atoms with Crippen LogP contribution in [0.15, 0.2) is 42.9 Å². The van der Waals surface area contributed by atoms with Gasteiger partial charge in [0.25, 0.3) is 11.8 Å². The zero-order valence-corrected chi connectivity index (χ0v) is 16.8. The molecule has 1 aromatic carbocycles. The second-order valence-corrected chi connectivity index (χ2v) is 7.50. The summed E-state index contributed by atoms with van der Waals surface area (Å²) in [6, 6.07) is 4.37. The number of anilines is 2. The zero-order chi connectivity index (χ0) is 21.9. The van der Waals surface area contributed by atoms with Gasteiger partial charge in [-0.3, -0.25) is 14.6 Å². The molecule has 30 heavy (non-hydrogen) atoms. The molecule has 2 amide bonds. The van der Waals surface area contributed by atoms with E-state index >= 15 is 0 Å².